The van der Waals surface area contributed by atoms with E-state index in [4.69, 9.17) is 5.11 Å². The Kier molecular flexibility index (Phi) is 6.82. The predicted octanol–water partition coefficient (Wildman–Crippen LogP) is 1.06. The topological polar surface area (TPSA) is 40.5 Å². The zero-order valence-electron chi connectivity index (χ0n) is 8.92. The third-order valence-electron chi connectivity index (χ3n) is 2.32. The molecule has 0 saturated heterocycles. The van der Waals surface area contributed by atoms with Crippen molar-refractivity contribution in [2.45, 2.75) is 39.7 Å². The number of rotatable bonds is 7. The molecule has 0 spiro atoms. The third kappa shape index (κ3) is 5.01. The van der Waals surface area contributed by atoms with Gasteiger partial charge >= 0.3 is 0 Å². The molecule has 0 aliphatic heterocycles. The molecular formula is C10H21NO2. The molecule has 0 aromatic carbocycles. The predicted molar refractivity (Wildman–Crippen MR) is 53.7 cm³/mol. The molecule has 0 aromatic heterocycles. The first kappa shape index (κ1) is 12.6. The van der Waals surface area contributed by atoms with E-state index < -0.39 is 0 Å². The van der Waals surface area contributed by atoms with Crippen LogP contribution in [0.4, 0.5) is 0 Å². The van der Waals surface area contributed by atoms with E-state index in [-0.39, 0.29) is 18.4 Å². The Morgan fingerprint density at radius 1 is 1.46 bits per heavy atom. The number of hydrogen-bond donors (Lipinski definition) is 1. The Hall–Kier alpha value is -0.410. The van der Waals surface area contributed by atoms with Gasteiger partial charge in [-0.2, -0.15) is 0 Å². The van der Waals surface area contributed by atoms with Crippen molar-refractivity contribution in [1.29, 1.82) is 0 Å². The average Bonchev–Trinajstić information content (AvgIpc) is 2.11. The minimum absolute atomic E-state index is 0.0568. The highest BCUT2D eigenvalue weighted by Crippen LogP contribution is 2.02. The van der Waals surface area contributed by atoms with Gasteiger partial charge in [0.05, 0.1) is 12.6 Å². The minimum Gasteiger partial charge on any atom is -0.395 e. The second-order valence-corrected chi connectivity index (χ2v) is 3.40. The summed E-state index contributed by atoms with van der Waals surface area (Å²) in [5.74, 6) is 0.171. The van der Waals surface area contributed by atoms with Crippen molar-refractivity contribution in [1.82, 2.24) is 4.90 Å². The quantitative estimate of drug-likeness (QED) is 0.648. The Morgan fingerprint density at radius 3 is 2.46 bits per heavy atom. The van der Waals surface area contributed by atoms with Crippen LogP contribution in [0.25, 0.3) is 0 Å². The second kappa shape index (κ2) is 7.04. The summed E-state index contributed by atoms with van der Waals surface area (Å²) in [5, 5.41) is 8.81. The molecule has 0 radical (unpaired) electrons. The molecule has 0 aromatic rings. The fourth-order valence-corrected chi connectivity index (χ4v) is 1.25. The van der Waals surface area contributed by atoms with Crippen molar-refractivity contribution < 1.29 is 9.90 Å². The number of hydrogen-bond acceptors (Lipinski definition) is 3. The van der Waals surface area contributed by atoms with E-state index in [0.29, 0.717) is 6.54 Å². The molecule has 0 amide bonds. The molecule has 13 heavy (non-hydrogen) atoms. The van der Waals surface area contributed by atoms with E-state index in [9.17, 15) is 4.79 Å². The highest BCUT2D eigenvalue weighted by atomic mass is 16.3. The molecule has 0 fully saturated rings. The van der Waals surface area contributed by atoms with E-state index in [1.54, 1.807) is 6.92 Å². The number of nitrogens with zero attached hydrogens (tertiary/aromatic N) is 1. The SMILES string of the molecule is CCCCN(CCO)C(C)C(C)=O. The first-order valence-corrected chi connectivity index (χ1v) is 4.98. The van der Waals surface area contributed by atoms with Crippen molar-refractivity contribution in [3.05, 3.63) is 0 Å². The van der Waals surface area contributed by atoms with Gasteiger partial charge in [-0.25, -0.2) is 0 Å². The summed E-state index contributed by atoms with van der Waals surface area (Å²) >= 11 is 0. The number of ketones is 1. The van der Waals surface area contributed by atoms with Crippen LogP contribution in [0.2, 0.25) is 0 Å². The van der Waals surface area contributed by atoms with Crippen molar-refractivity contribution >= 4 is 5.78 Å². The van der Waals surface area contributed by atoms with Crippen LogP contribution in [0.3, 0.4) is 0 Å². The van der Waals surface area contributed by atoms with Crippen molar-refractivity contribution in [2.75, 3.05) is 19.7 Å². The van der Waals surface area contributed by atoms with Gasteiger partial charge < -0.3 is 5.11 Å². The lowest BCUT2D eigenvalue weighted by atomic mass is 10.2. The Labute approximate surface area is 80.7 Å². The molecule has 3 heteroatoms. The van der Waals surface area contributed by atoms with Crippen LogP contribution < -0.4 is 0 Å². The van der Waals surface area contributed by atoms with Crippen LogP contribution in [0, 0.1) is 0 Å². The number of carbonyl (C=O) groups excluding carboxylic acids is 1. The fourth-order valence-electron chi connectivity index (χ4n) is 1.25. The van der Waals surface area contributed by atoms with Crippen LogP contribution in [-0.2, 0) is 4.79 Å². The summed E-state index contributed by atoms with van der Waals surface area (Å²) < 4.78 is 0. The molecule has 1 N–H and O–H groups in total. The van der Waals surface area contributed by atoms with Gasteiger partial charge in [0.2, 0.25) is 0 Å². The number of Topliss-reactive ketones (excluding diaryl/α,β-unsaturated/α-hetero) is 1. The van der Waals surface area contributed by atoms with Gasteiger partial charge in [-0.1, -0.05) is 13.3 Å². The molecule has 0 saturated carbocycles. The zero-order valence-corrected chi connectivity index (χ0v) is 8.92. The van der Waals surface area contributed by atoms with Gasteiger partial charge in [0.1, 0.15) is 5.78 Å². The van der Waals surface area contributed by atoms with Gasteiger partial charge in [0.15, 0.2) is 0 Å². The second-order valence-electron chi connectivity index (χ2n) is 3.40. The molecule has 78 valence electrons. The normalized spacial score (nSPS) is 13.3. The summed E-state index contributed by atoms with van der Waals surface area (Å²) in [6.07, 6.45) is 2.20. The van der Waals surface area contributed by atoms with E-state index in [2.05, 4.69) is 6.92 Å². The lowest BCUT2D eigenvalue weighted by Crippen LogP contribution is -2.40. The Morgan fingerprint density at radius 2 is 2.08 bits per heavy atom. The van der Waals surface area contributed by atoms with Crippen molar-refractivity contribution in [3.8, 4) is 0 Å². The standard InChI is InChI=1S/C10H21NO2/c1-4-5-6-11(7-8-12)9(2)10(3)13/h9,12H,4-8H2,1-3H3. The van der Waals surface area contributed by atoms with Crippen molar-refractivity contribution in [3.63, 3.8) is 0 Å². The smallest absolute Gasteiger partial charge is 0.146 e. The van der Waals surface area contributed by atoms with Gasteiger partial charge in [-0.05, 0) is 26.8 Å². The van der Waals surface area contributed by atoms with Gasteiger partial charge in [0, 0.05) is 6.54 Å². The average molecular weight is 187 g/mol. The van der Waals surface area contributed by atoms with E-state index in [0.717, 1.165) is 19.4 Å². The summed E-state index contributed by atoms with van der Waals surface area (Å²) in [6.45, 7) is 7.24. The molecule has 3 nitrogen and oxygen atoms in total. The number of carbonyl (C=O) groups is 1. The van der Waals surface area contributed by atoms with Crippen LogP contribution in [-0.4, -0.2) is 41.5 Å². The Balaban J connectivity index is 3.98. The maximum atomic E-state index is 11.1. The van der Waals surface area contributed by atoms with Gasteiger partial charge in [-0.15, -0.1) is 0 Å². The molecule has 0 heterocycles. The molecule has 1 atom stereocenters. The highest BCUT2D eigenvalue weighted by Gasteiger charge is 2.16. The summed E-state index contributed by atoms with van der Waals surface area (Å²) in [4.78, 5) is 13.1. The van der Waals surface area contributed by atoms with Crippen molar-refractivity contribution in [2.24, 2.45) is 0 Å². The largest absolute Gasteiger partial charge is 0.395 e. The highest BCUT2D eigenvalue weighted by molar-refractivity contribution is 5.80. The van der Waals surface area contributed by atoms with Crippen LogP contribution in [0.15, 0.2) is 0 Å². The third-order valence-corrected chi connectivity index (χ3v) is 2.32. The lowest BCUT2D eigenvalue weighted by Gasteiger charge is -2.26. The first-order chi connectivity index (χ1) is 6.13. The number of aliphatic hydroxyl groups excluding tert-OH is 1. The maximum absolute atomic E-state index is 11.1. The zero-order chi connectivity index (χ0) is 10.3. The van der Waals surface area contributed by atoms with Gasteiger partial charge in [-0.3, -0.25) is 9.69 Å². The molecule has 0 rings (SSSR count). The van der Waals surface area contributed by atoms with Crippen LogP contribution in [0.1, 0.15) is 33.6 Å². The van der Waals surface area contributed by atoms with Crippen LogP contribution in [0.5, 0.6) is 0 Å². The van der Waals surface area contributed by atoms with E-state index in [1.807, 2.05) is 11.8 Å². The molecule has 1 unspecified atom stereocenters. The number of unbranched alkanes of at least 4 members (excludes halogenated alkanes) is 1. The summed E-state index contributed by atoms with van der Waals surface area (Å²) in [7, 11) is 0. The molecule has 0 aliphatic rings. The Bertz CT molecular complexity index is 148. The van der Waals surface area contributed by atoms with E-state index in [1.165, 1.54) is 0 Å². The molecular weight excluding hydrogens is 166 g/mol. The summed E-state index contributed by atoms with van der Waals surface area (Å²) in [6, 6.07) is -0.0568. The van der Waals surface area contributed by atoms with E-state index >= 15 is 0 Å². The summed E-state index contributed by atoms with van der Waals surface area (Å²) in [5.41, 5.74) is 0. The maximum Gasteiger partial charge on any atom is 0.146 e. The lowest BCUT2D eigenvalue weighted by molar-refractivity contribution is -0.121. The molecule has 0 aliphatic carbocycles. The van der Waals surface area contributed by atoms with Crippen LogP contribution >= 0.6 is 0 Å². The fraction of sp³-hybridized carbons (Fsp3) is 0.900. The van der Waals surface area contributed by atoms with Gasteiger partial charge in [0.25, 0.3) is 0 Å². The number of aliphatic hydroxyl groups is 1. The monoisotopic (exact) mass is 187 g/mol. The molecule has 0 bridgehead atoms. The first-order valence-electron chi connectivity index (χ1n) is 4.98. The minimum atomic E-state index is -0.0568.